The summed E-state index contributed by atoms with van der Waals surface area (Å²) in [6.45, 7) is 6.06. The summed E-state index contributed by atoms with van der Waals surface area (Å²) in [6.07, 6.45) is -2.89. The SMILES string of the molecule is CCOC(=O)c1sc(NC(=O)Cn2nc(C(F)F)c(Cl)c2C)c(C(=O)OCC)c1C. The van der Waals surface area contributed by atoms with Crippen LogP contribution in [0.1, 0.15) is 57.3 Å². The predicted molar refractivity (Wildman–Crippen MR) is 107 cm³/mol. The van der Waals surface area contributed by atoms with Gasteiger partial charge in [-0.1, -0.05) is 11.6 Å². The van der Waals surface area contributed by atoms with E-state index in [1.165, 1.54) is 13.8 Å². The first kappa shape index (κ1) is 23.7. The number of carbonyl (C=O) groups is 3. The van der Waals surface area contributed by atoms with Crippen molar-refractivity contribution < 1.29 is 32.6 Å². The van der Waals surface area contributed by atoms with Gasteiger partial charge >= 0.3 is 11.9 Å². The second kappa shape index (κ2) is 9.98. The van der Waals surface area contributed by atoms with Crippen LogP contribution >= 0.6 is 22.9 Å². The minimum atomic E-state index is -2.89. The fourth-order valence-corrected chi connectivity index (χ4v) is 3.91. The van der Waals surface area contributed by atoms with Gasteiger partial charge in [0, 0.05) is 0 Å². The molecule has 8 nitrogen and oxygen atoms in total. The van der Waals surface area contributed by atoms with Gasteiger partial charge in [-0.05, 0) is 33.3 Å². The number of ether oxygens (including phenoxy) is 2. The monoisotopic (exact) mass is 463 g/mol. The van der Waals surface area contributed by atoms with Crippen LogP contribution in [0, 0.1) is 13.8 Å². The Bertz CT molecular complexity index is 974. The lowest BCUT2D eigenvalue weighted by atomic mass is 10.1. The number of thiophene rings is 1. The minimum Gasteiger partial charge on any atom is -0.462 e. The number of amides is 1. The van der Waals surface area contributed by atoms with Crippen LogP contribution in [-0.4, -0.2) is 40.8 Å². The number of hydrogen-bond acceptors (Lipinski definition) is 7. The van der Waals surface area contributed by atoms with E-state index in [1.54, 1.807) is 13.8 Å². The summed E-state index contributed by atoms with van der Waals surface area (Å²) in [5.74, 6) is -2.00. The number of nitrogens with one attached hydrogen (secondary N) is 1. The van der Waals surface area contributed by atoms with E-state index in [-0.39, 0.29) is 39.4 Å². The lowest BCUT2D eigenvalue weighted by Crippen LogP contribution is -2.21. The molecule has 0 radical (unpaired) electrons. The summed E-state index contributed by atoms with van der Waals surface area (Å²) < 4.78 is 36.9. The van der Waals surface area contributed by atoms with Gasteiger partial charge in [-0.2, -0.15) is 5.10 Å². The molecule has 0 atom stereocenters. The van der Waals surface area contributed by atoms with Gasteiger partial charge in [0.1, 0.15) is 22.1 Å². The Hall–Kier alpha value is -2.53. The molecular weight excluding hydrogens is 444 g/mol. The van der Waals surface area contributed by atoms with Gasteiger partial charge in [0.15, 0.2) is 0 Å². The minimum absolute atomic E-state index is 0.0294. The number of hydrogen-bond donors (Lipinski definition) is 1. The Morgan fingerprint density at radius 1 is 1.17 bits per heavy atom. The Morgan fingerprint density at radius 3 is 2.30 bits per heavy atom. The molecule has 2 aromatic heterocycles. The van der Waals surface area contributed by atoms with Crippen molar-refractivity contribution in [2.24, 2.45) is 0 Å². The van der Waals surface area contributed by atoms with E-state index in [0.29, 0.717) is 5.56 Å². The molecule has 30 heavy (non-hydrogen) atoms. The molecule has 0 aliphatic rings. The van der Waals surface area contributed by atoms with Crippen LogP contribution in [-0.2, 0) is 20.8 Å². The predicted octanol–water partition coefficient (Wildman–Crippen LogP) is 4.14. The highest BCUT2D eigenvalue weighted by atomic mass is 35.5. The Kier molecular flexibility index (Phi) is 7.90. The van der Waals surface area contributed by atoms with Crippen LogP contribution in [0.3, 0.4) is 0 Å². The summed E-state index contributed by atoms with van der Waals surface area (Å²) in [7, 11) is 0. The van der Waals surface area contributed by atoms with Crippen LogP contribution in [0.4, 0.5) is 13.8 Å². The highest BCUT2D eigenvalue weighted by Gasteiger charge is 2.28. The molecule has 2 aromatic rings. The number of aromatic nitrogens is 2. The van der Waals surface area contributed by atoms with Gasteiger partial charge in [-0.3, -0.25) is 9.48 Å². The van der Waals surface area contributed by atoms with Crippen molar-refractivity contribution in [1.29, 1.82) is 0 Å². The molecule has 1 amide bonds. The van der Waals surface area contributed by atoms with Crippen LogP contribution in [0.2, 0.25) is 5.02 Å². The summed E-state index contributed by atoms with van der Waals surface area (Å²) in [4.78, 5) is 37.2. The van der Waals surface area contributed by atoms with E-state index in [2.05, 4.69) is 10.4 Å². The molecule has 0 aromatic carbocycles. The van der Waals surface area contributed by atoms with Crippen molar-refractivity contribution in [2.75, 3.05) is 18.5 Å². The van der Waals surface area contributed by atoms with Gasteiger partial charge < -0.3 is 14.8 Å². The van der Waals surface area contributed by atoms with Crippen molar-refractivity contribution in [3.8, 4) is 0 Å². The number of nitrogens with zero attached hydrogens (tertiary/aromatic N) is 2. The van der Waals surface area contributed by atoms with Crippen molar-refractivity contribution >= 4 is 45.8 Å². The molecule has 0 saturated heterocycles. The van der Waals surface area contributed by atoms with E-state index in [0.717, 1.165) is 16.0 Å². The average molecular weight is 464 g/mol. The van der Waals surface area contributed by atoms with Crippen molar-refractivity contribution in [3.05, 3.63) is 32.4 Å². The highest BCUT2D eigenvalue weighted by Crippen LogP contribution is 2.34. The zero-order chi connectivity index (χ0) is 22.6. The molecule has 1 N–H and O–H groups in total. The normalized spacial score (nSPS) is 10.9. The summed E-state index contributed by atoms with van der Waals surface area (Å²) in [6, 6.07) is 0. The maximum atomic E-state index is 13.0. The maximum absolute atomic E-state index is 13.0. The fourth-order valence-electron chi connectivity index (χ4n) is 2.59. The number of esters is 2. The van der Waals surface area contributed by atoms with E-state index < -0.39 is 36.5 Å². The molecule has 0 unspecified atom stereocenters. The molecule has 12 heteroatoms. The molecule has 0 saturated carbocycles. The molecule has 0 fully saturated rings. The standard InChI is InChI=1S/C18H20ClF2N3O5S/c1-5-28-17(26)11-8(3)14(18(27)29-6-2)30-16(11)22-10(25)7-24-9(4)12(19)13(23-24)15(20)21/h15H,5-7H2,1-4H3,(H,22,25). The Morgan fingerprint density at radius 2 is 1.77 bits per heavy atom. The number of rotatable bonds is 8. The highest BCUT2D eigenvalue weighted by molar-refractivity contribution is 7.18. The molecule has 164 valence electrons. The quantitative estimate of drug-likeness (QED) is 0.590. The number of carbonyl (C=O) groups excluding carboxylic acids is 3. The topological polar surface area (TPSA) is 99.5 Å². The first-order valence-electron chi connectivity index (χ1n) is 8.90. The smallest absolute Gasteiger partial charge is 0.348 e. The molecule has 0 bridgehead atoms. The van der Waals surface area contributed by atoms with Crippen LogP contribution < -0.4 is 5.32 Å². The van der Waals surface area contributed by atoms with Gasteiger partial charge in [-0.25, -0.2) is 18.4 Å². The molecule has 2 heterocycles. The third kappa shape index (κ3) is 4.96. The van der Waals surface area contributed by atoms with Crippen molar-refractivity contribution in [3.63, 3.8) is 0 Å². The second-order valence-corrected chi connectivity index (χ2v) is 7.39. The molecule has 0 aliphatic heterocycles. The Labute approximate surface area is 180 Å². The van der Waals surface area contributed by atoms with Gasteiger partial charge in [0.05, 0.1) is 29.5 Å². The maximum Gasteiger partial charge on any atom is 0.348 e. The second-order valence-electron chi connectivity index (χ2n) is 5.99. The van der Waals surface area contributed by atoms with Gasteiger partial charge in [0.25, 0.3) is 6.43 Å². The average Bonchev–Trinajstić information content (AvgIpc) is 3.13. The third-order valence-corrected chi connectivity index (χ3v) is 5.65. The first-order valence-corrected chi connectivity index (χ1v) is 10.1. The largest absolute Gasteiger partial charge is 0.462 e. The van der Waals surface area contributed by atoms with Crippen molar-refractivity contribution in [2.45, 2.75) is 40.7 Å². The van der Waals surface area contributed by atoms with Crippen LogP contribution in [0.25, 0.3) is 0 Å². The zero-order valence-electron chi connectivity index (χ0n) is 16.7. The number of anilines is 1. The fraction of sp³-hybridized carbons (Fsp3) is 0.444. The van der Waals surface area contributed by atoms with Gasteiger partial charge in [0.2, 0.25) is 5.91 Å². The lowest BCUT2D eigenvalue weighted by molar-refractivity contribution is -0.116. The van der Waals surface area contributed by atoms with E-state index in [1.807, 2.05) is 0 Å². The van der Waals surface area contributed by atoms with E-state index in [4.69, 9.17) is 21.1 Å². The first-order chi connectivity index (χ1) is 14.1. The van der Waals surface area contributed by atoms with E-state index >= 15 is 0 Å². The van der Waals surface area contributed by atoms with E-state index in [9.17, 15) is 23.2 Å². The summed E-state index contributed by atoms with van der Waals surface area (Å²) in [5, 5.41) is 6.05. The van der Waals surface area contributed by atoms with Crippen LogP contribution in [0.15, 0.2) is 0 Å². The lowest BCUT2D eigenvalue weighted by Gasteiger charge is -2.08. The van der Waals surface area contributed by atoms with Crippen LogP contribution in [0.5, 0.6) is 0 Å². The summed E-state index contributed by atoms with van der Waals surface area (Å²) >= 11 is 6.70. The molecule has 2 rings (SSSR count). The van der Waals surface area contributed by atoms with Gasteiger partial charge in [-0.15, -0.1) is 11.3 Å². The molecule has 0 spiro atoms. The number of halogens is 3. The van der Waals surface area contributed by atoms with Crippen molar-refractivity contribution in [1.82, 2.24) is 9.78 Å². The summed E-state index contributed by atoms with van der Waals surface area (Å²) in [5.41, 5.74) is -0.0831. The Balaban J connectivity index is 2.33. The molecular formula is C18H20ClF2N3O5S. The molecule has 0 aliphatic carbocycles. The third-order valence-electron chi connectivity index (χ3n) is 4.00. The zero-order valence-corrected chi connectivity index (χ0v) is 18.2. The number of alkyl halides is 2.